The lowest BCUT2D eigenvalue weighted by atomic mass is 10.4. The first kappa shape index (κ1) is 14.9. The van der Waals surface area contributed by atoms with E-state index in [-0.39, 0.29) is 0 Å². The Morgan fingerprint density at radius 1 is 0.750 bits per heavy atom. The van der Waals surface area contributed by atoms with Gasteiger partial charge in [0.15, 0.2) is 0 Å². The van der Waals surface area contributed by atoms with Crippen molar-refractivity contribution in [3.63, 3.8) is 0 Å². The summed E-state index contributed by atoms with van der Waals surface area (Å²) in [4.78, 5) is 0. The summed E-state index contributed by atoms with van der Waals surface area (Å²) in [6, 6.07) is 16.3. The van der Waals surface area contributed by atoms with Gasteiger partial charge in [-0.25, -0.2) is 0 Å². The molecule has 0 aliphatic carbocycles. The maximum absolute atomic E-state index is 3.39. The maximum atomic E-state index is 3.39. The first-order chi connectivity index (χ1) is 7.59. The Hall–Kier alpha value is 0.860. The third-order valence-electron chi connectivity index (χ3n) is 1.63. The van der Waals surface area contributed by atoms with Crippen molar-refractivity contribution >= 4 is 77.0 Å². The van der Waals surface area contributed by atoms with Crippen LogP contribution in [0.3, 0.4) is 0 Å². The normalized spacial score (nSPS) is 9.25. The monoisotopic (exact) mass is 564 g/mol. The number of benzene rings is 2. The van der Waals surface area contributed by atoms with Gasteiger partial charge in [-0.05, 0) is 97.5 Å². The molecule has 16 heavy (non-hydrogen) atoms. The molecule has 0 bridgehead atoms. The zero-order valence-electron chi connectivity index (χ0n) is 8.13. The van der Waals surface area contributed by atoms with Crippen molar-refractivity contribution in [3.05, 3.63) is 64.6 Å². The molecule has 0 N–H and O–H groups in total. The first-order valence-electron chi connectivity index (χ1n) is 4.40. The molecular formula is C12H8Br2I2. The van der Waals surface area contributed by atoms with E-state index in [1.165, 1.54) is 11.6 Å². The predicted molar refractivity (Wildman–Crippen MR) is 93.7 cm³/mol. The fraction of sp³-hybridized carbons (Fsp3) is 0. The molecule has 0 spiro atoms. The van der Waals surface area contributed by atoms with Crippen molar-refractivity contribution in [2.24, 2.45) is 0 Å². The average molecular weight is 566 g/mol. The standard InChI is InChI=1S/2C6H4BrI/c7-5-1-3-6(8)4-2-5;7-5-3-1-2-4-6(5)8/h2*1-4H. The number of hydrogen-bond acceptors (Lipinski definition) is 0. The zero-order chi connectivity index (χ0) is 12.0. The molecule has 0 aliphatic rings. The molecule has 0 unspecified atom stereocenters. The van der Waals surface area contributed by atoms with Crippen LogP contribution in [0, 0.1) is 7.14 Å². The third-order valence-corrected chi connectivity index (χ3v) is 5.25. The Morgan fingerprint density at radius 2 is 1.31 bits per heavy atom. The van der Waals surface area contributed by atoms with Crippen LogP contribution in [-0.4, -0.2) is 0 Å². The van der Waals surface area contributed by atoms with E-state index < -0.39 is 0 Å². The van der Waals surface area contributed by atoms with E-state index >= 15 is 0 Å². The van der Waals surface area contributed by atoms with Gasteiger partial charge < -0.3 is 0 Å². The summed E-state index contributed by atoms with van der Waals surface area (Å²) in [6.07, 6.45) is 0. The minimum Gasteiger partial charge on any atom is -0.0611 e. The molecule has 0 amide bonds. The van der Waals surface area contributed by atoms with E-state index in [1.807, 2.05) is 30.3 Å². The summed E-state index contributed by atoms with van der Waals surface area (Å²) >= 11 is 11.3. The van der Waals surface area contributed by atoms with Gasteiger partial charge in [-0.3, -0.25) is 0 Å². The summed E-state index contributed by atoms with van der Waals surface area (Å²) in [5.41, 5.74) is 0. The highest BCUT2D eigenvalue weighted by molar-refractivity contribution is 14.1. The quantitative estimate of drug-likeness (QED) is 0.338. The SMILES string of the molecule is Brc1ccc(I)cc1.Brc1ccccc1I. The molecule has 2 rings (SSSR count). The first-order valence-corrected chi connectivity index (χ1v) is 8.15. The molecule has 4 heteroatoms. The second-order valence-corrected chi connectivity index (χ2v) is 7.03. The summed E-state index contributed by atoms with van der Waals surface area (Å²) in [5, 5.41) is 0. The minimum absolute atomic E-state index is 1.14. The highest BCUT2D eigenvalue weighted by atomic mass is 127. The van der Waals surface area contributed by atoms with Crippen LogP contribution in [0.15, 0.2) is 57.5 Å². The number of rotatable bonds is 0. The molecule has 0 saturated heterocycles. The van der Waals surface area contributed by atoms with Gasteiger partial charge in [-0.15, -0.1) is 0 Å². The molecule has 0 nitrogen and oxygen atoms in total. The molecule has 2 aromatic rings. The Balaban J connectivity index is 0.000000160. The van der Waals surface area contributed by atoms with Crippen molar-refractivity contribution in [1.82, 2.24) is 0 Å². The minimum atomic E-state index is 1.14. The Labute approximate surface area is 140 Å². The van der Waals surface area contributed by atoms with Crippen molar-refractivity contribution in [2.75, 3.05) is 0 Å². The van der Waals surface area contributed by atoms with E-state index in [4.69, 9.17) is 0 Å². The van der Waals surface area contributed by atoms with Crippen molar-refractivity contribution in [1.29, 1.82) is 0 Å². The fourth-order valence-electron chi connectivity index (χ4n) is 0.869. The Kier molecular flexibility index (Phi) is 7.50. The van der Waals surface area contributed by atoms with Crippen LogP contribution in [0.4, 0.5) is 0 Å². The highest BCUT2D eigenvalue weighted by Gasteiger charge is 1.88. The van der Waals surface area contributed by atoms with Crippen LogP contribution >= 0.6 is 77.0 Å². The highest BCUT2D eigenvalue weighted by Crippen LogP contribution is 2.16. The average Bonchev–Trinajstić information content (AvgIpc) is 2.28. The molecule has 84 valence electrons. The molecular weight excluding hydrogens is 558 g/mol. The lowest BCUT2D eigenvalue weighted by molar-refractivity contribution is 1.59. The van der Waals surface area contributed by atoms with E-state index in [1.54, 1.807) is 0 Å². The van der Waals surface area contributed by atoms with E-state index in [2.05, 4.69) is 95.2 Å². The van der Waals surface area contributed by atoms with Crippen molar-refractivity contribution in [2.45, 2.75) is 0 Å². The second kappa shape index (κ2) is 8.05. The zero-order valence-corrected chi connectivity index (χ0v) is 15.6. The molecule has 2 aromatic carbocycles. The molecule has 0 fully saturated rings. The van der Waals surface area contributed by atoms with Gasteiger partial charge in [0.2, 0.25) is 0 Å². The van der Waals surface area contributed by atoms with Crippen LogP contribution in [0.2, 0.25) is 0 Å². The van der Waals surface area contributed by atoms with E-state index in [9.17, 15) is 0 Å². The molecule has 0 radical (unpaired) electrons. The molecule has 0 saturated carbocycles. The summed E-state index contributed by atoms with van der Waals surface area (Å²) in [7, 11) is 0. The second-order valence-electron chi connectivity index (χ2n) is 2.85. The largest absolute Gasteiger partial charge is 0.0611 e. The molecule has 0 aliphatic heterocycles. The van der Waals surface area contributed by atoms with Crippen LogP contribution in [0.1, 0.15) is 0 Å². The van der Waals surface area contributed by atoms with Gasteiger partial charge >= 0.3 is 0 Å². The summed E-state index contributed by atoms with van der Waals surface area (Å²) in [5.74, 6) is 0. The smallest absolute Gasteiger partial charge is 0.0308 e. The van der Waals surface area contributed by atoms with Crippen LogP contribution in [-0.2, 0) is 0 Å². The number of hydrogen-bond donors (Lipinski definition) is 0. The molecule has 0 atom stereocenters. The Bertz CT molecular complexity index is 399. The molecule has 0 aromatic heterocycles. The lowest BCUT2D eigenvalue weighted by Gasteiger charge is -1.89. The summed E-state index contributed by atoms with van der Waals surface area (Å²) < 4.78 is 4.83. The lowest BCUT2D eigenvalue weighted by Crippen LogP contribution is -1.68. The molecule has 0 heterocycles. The van der Waals surface area contributed by atoms with Crippen LogP contribution < -0.4 is 0 Å². The van der Waals surface area contributed by atoms with Gasteiger partial charge in [0.25, 0.3) is 0 Å². The van der Waals surface area contributed by atoms with Gasteiger partial charge in [0.1, 0.15) is 0 Å². The predicted octanol–water partition coefficient (Wildman–Crippen LogP) is 6.11. The van der Waals surface area contributed by atoms with Gasteiger partial charge in [-0.1, -0.05) is 28.1 Å². The van der Waals surface area contributed by atoms with Gasteiger partial charge in [0.05, 0.1) is 0 Å². The van der Waals surface area contributed by atoms with E-state index in [0.29, 0.717) is 0 Å². The van der Waals surface area contributed by atoms with Crippen LogP contribution in [0.5, 0.6) is 0 Å². The Morgan fingerprint density at radius 3 is 1.69 bits per heavy atom. The van der Waals surface area contributed by atoms with Gasteiger partial charge in [0, 0.05) is 16.1 Å². The fourth-order valence-corrected chi connectivity index (χ4v) is 2.16. The maximum Gasteiger partial charge on any atom is 0.0308 e. The van der Waals surface area contributed by atoms with Crippen LogP contribution in [0.25, 0.3) is 0 Å². The van der Waals surface area contributed by atoms with E-state index in [0.717, 1.165) is 4.47 Å². The topological polar surface area (TPSA) is 0 Å². The van der Waals surface area contributed by atoms with Gasteiger partial charge in [-0.2, -0.15) is 0 Å². The third kappa shape index (κ3) is 5.97. The van der Waals surface area contributed by atoms with Crippen molar-refractivity contribution in [3.8, 4) is 0 Å². The summed E-state index contributed by atoms with van der Waals surface area (Å²) in [6.45, 7) is 0. The van der Waals surface area contributed by atoms with Crippen molar-refractivity contribution < 1.29 is 0 Å². The number of halogens is 4.